The summed E-state index contributed by atoms with van der Waals surface area (Å²) >= 11 is 4.64. The van der Waals surface area contributed by atoms with E-state index in [4.69, 9.17) is 9.47 Å². The van der Waals surface area contributed by atoms with E-state index in [-0.39, 0.29) is 22.6 Å². The molecule has 3 aromatic rings. The highest BCUT2D eigenvalue weighted by atomic mass is 79.9. The fourth-order valence-electron chi connectivity index (χ4n) is 4.81. The minimum absolute atomic E-state index is 0.183. The Morgan fingerprint density at radius 1 is 1.16 bits per heavy atom. The number of methoxy groups -OCH3 is 1. The van der Waals surface area contributed by atoms with Gasteiger partial charge < -0.3 is 14.4 Å². The Labute approximate surface area is 225 Å². The molecule has 37 heavy (non-hydrogen) atoms. The van der Waals surface area contributed by atoms with E-state index in [1.165, 1.54) is 4.57 Å². The molecule has 5 rings (SSSR count). The lowest BCUT2D eigenvalue weighted by molar-refractivity contribution is -0.139. The highest BCUT2D eigenvalue weighted by molar-refractivity contribution is 9.10. The average molecular weight is 582 g/mol. The lowest BCUT2D eigenvalue weighted by Gasteiger charge is -2.25. The monoisotopic (exact) mass is 581 g/mol. The number of hydrogen-bond acceptors (Lipinski definition) is 7. The van der Waals surface area contributed by atoms with Crippen LogP contribution in [0.4, 0.5) is 5.69 Å². The Morgan fingerprint density at radius 2 is 1.95 bits per heavy atom. The van der Waals surface area contributed by atoms with E-state index in [1.807, 2.05) is 31.2 Å². The summed E-state index contributed by atoms with van der Waals surface area (Å²) in [5, 5.41) is 0. The number of amides is 1. The number of carbonyl (C=O) groups excluding carboxylic acids is 2. The van der Waals surface area contributed by atoms with Gasteiger partial charge in [0.1, 0.15) is 10.3 Å². The Kier molecular flexibility index (Phi) is 6.63. The Hall–Kier alpha value is -3.50. The third kappa shape index (κ3) is 4.04. The first-order chi connectivity index (χ1) is 17.8. The van der Waals surface area contributed by atoms with Crippen molar-refractivity contribution in [2.24, 2.45) is 4.99 Å². The van der Waals surface area contributed by atoms with Crippen LogP contribution in [0.2, 0.25) is 0 Å². The number of allylic oxidation sites excluding steroid dienone is 1. The molecule has 0 radical (unpaired) electrons. The molecule has 3 heterocycles. The summed E-state index contributed by atoms with van der Waals surface area (Å²) in [6.45, 7) is 6.00. The SMILES string of the molecule is CCOC(=O)C1=C(C)N=c2s/c(=C3/C(=O)N(CC)c4ccc(Br)cc43)c(=O)n2[C@@H]1c1cccc(OC)c1. The first-order valence-corrected chi connectivity index (χ1v) is 13.4. The molecule has 8 nitrogen and oxygen atoms in total. The number of ether oxygens (including phenoxy) is 2. The van der Waals surface area contributed by atoms with Gasteiger partial charge in [-0.15, -0.1) is 0 Å². The predicted molar refractivity (Wildman–Crippen MR) is 145 cm³/mol. The van der Waals surface area contributed by atoms with Crippen LogP contribution in [0.25, 0.3) is 5.57 Å². The molecule has 0 bridgehead atoms. The normalized spacial score (nSPS) is 17.9. The second-order valence-corrected chi connectivity index (χ2v) is 10.4. The first-order valence-electron chi connectivity index (χ1n) is 11.8. The van der Waals surface area contributed by atoms with Gasteiger partial charge in [0, 0.05) is 16.6 Å². The summed E-state index contributed by atoms with van der Waals surface area (Å²) in [5.74, 6) is -0.193. The second-order valence-electron chi connectivity index (χ2n) is 8.49. The molecule has 2 aromatic carbocycles. The summed E-state index contributed by atoms with van der Waals surface area (Å²) in [4.78, 5) is 47.4. The third-order valence-corrected chi connectivity index (χ3v) is 7.97. The van der Waals surface area contributed by atoms with Crippen LogP contribution in [0.1, 0.15) is 37.9 Å². The van der Waals surface area contributed by atoms with Gasteiger partial charge >= 0.3 is 5.97 Å². The zero-order chi connectivity index (χ0) is 26.4. The summed E-state index contributed by atoms with van der Waals surface area (Å²) in [6.07, 6.45) is 0. The van der Waals surface area contributed by atoms with Gasteiger partial charge in [0.25, 0.3) is 11.5 Å². The molecule has 0 spiro atoms. The number of benzene rings is 2. The van der Waals surface area contributed by atoms with E-state index < -0.39 is 17.6 Å². The number of nitrogens with zero attached hydrogens (tertiary/aromatic N) is 3. The van der Waals surface area contributed by atoms with Crippen molar-refractivity contribution in [1.82, 2.24) is 4.57 Å². The summed E-state index contributed by atoms with van der Waals surface area (Å²) in [5.41, 5.74) is 2.79. The lowest BCUT2D eigenvalue weighted by atomic mass is 9.95. The number of likely N-dealkylation sites (N-methyl/N-ethyl adjacent to an activating group) is 1. The van der Waals surface area contributed by atoms with E-state index in [1.54, 1.807) is 44.1 Å². The van der Waals surface area contributed by atoms with Gasteiger partial charge in [0.2, 0.25) is 0 Å². The van der Waals surface area contributed by atoms with E-state index >= 15 is 0 Å². The first kappa shape index (κ1) is 25.2. The molecule has 0 saturated heterocycles. The van der Waals surface area contributed by atoms with Crippen LogP contribution in [-0.2, 0) is 14.3 Å². The molecular formula is C27H24BrN3O5S. The summed E-state index contributed by atoms with van der Waals surface area (Å²) in [6, 6.07) is 12.0. The second kappa shape index (κ2) is 9.75. The maximum absolute atomic E-state index is 14.1. The number of rotatable bonds is 5. The molecule has 1 atom stereocenters. The maximum Gasteiger partial charge on any atom is 0.338 e. The van der Waals surface area contributed by atoms with Gasteiger partial charge in [0.05, 0.1) is 42.3 Å². The molecule has 1 amide bonds. The van der Waals surface area contributed by atoms with Crippen molar-refractivity contribution in [1.29, 1.82) is 0 Å². The van der Waals surface area contributed by atoms with Crippen molar-refractivity contribution in [2.75, 3.05) is 25.2 Å². The largest absolute Gasteiger partial charge is 0.497 e. The highest BCUT2D eigenvalue weighted by Gasteiger charge is 2.37. The molecule has 0 saturated carbocycles. The smallest absolute Gasteiger partial charge is 0.338 e. The zero-order valence-electron chi connectivity index (χ0n) is 20.7. The predicted octanol–water partition coefficient (Wildman–Crippen LogP) is 3.31. The topological polar surface area (TPSA) is 90.2 Å². The Morgan fingerprint density at radius 3 is 2.65 bits per heavy atom. The molecule has 1 aromatic heterocycles. The number of anilines is 1. The minimum atomic E-state index is -0.791. The fourth-order valence-corrected chi connectivity index (χ4v) is 6.30. The third-order valence-electron chi connectivity index (χ3n) is 6.42. The fraction of sp³-hybridized carbons (Fsp3) is 0.259. The van der Waals surface area contributed by atoms with Gasteiger partial charge in [-0.25, -0.2) is 9.79 Å². The molecule has 0 aliphatic carbocycles. The van der Waals surface area contributed by atoms with Crippen molar-refractivity contribution < 1.29 is 19.1 Å². The molecular weight excluding hydrogens is 558 g/mol. The Balaban J connectivity index is 1.84. The lowest BCUT2D eigenvalue weighted by Crippen LogP contribution is -2.41. The van der Waals surface area contributed by atoms with Gasteiger partial charge in [-0.1, -0.05) is 39.4 Å². The van der Waals surface area contributed by atoms with Gasteiger partial charge in [-0.3, -0.25) is 14.2 Å². The maximum atomic E-state index is 14.1. The van der Waals surface area contributed by atoms with E-state index in [9.17, 15) is 14.4 Å². The molecule has 0 fully saturated rings. The van der Waals surface area contributed by atoms with Crippen molar-refractivity contribution in [2.45, 2.75) is 26.8 Å². The molecule has 190 valence electrons. The number of halogens is 1. The van der Waals surface area contributed by atoms with Crippen molar-refractivity contribution >= 4 is 50.4 Å². The zero-order valence-corrected chi connectivity index (χ0v) is 23.1. The van der Waals surface area contributed by atoms with Crippen LogP contribution >= 0.6 is 27.3 Å². The van der Waals surface area contributed by atoms with E-state index in [0.717, 1.165) is 21.5 Å². The average Bonchev–Trinajstić information content (AvgIpc) is 3.34. The van der Waals surface area contributed by atoms with Gasteiger partial charge in [0.15, 0.2) is 4.80 Å². The highest BCUT2D eigenvalue weighted by Crippen LogP contribution is 2.37. The molecule has 0 unspecified atom stereocenters. The van der Waals surface area contributed by atoms with E-state index in [0.29, 0.717) is 39.5 Å². The van der Waals surface area contributed by atoms with Crippen LogP contribution < -0.4 is 24.5 Å². The van der Waals surface area contributed by atoms with Gasteiger partial charge in [-0.2, -0.15) is 0 Å². The van der Waals surface area contributed by atoms with Crippen LogP contribution in [0.5, 0.6) is 5.75 Å². The molecule has 2 aliphatic heterocycles. The Bertz CT molecular complexity index is 1670. The molecule has 2 aliphatic rings. The van der Waals surface area contributed by atoms with Crippen molar-refractivity contribution in [3.63, 3.8) is 0 Å². The number of aromatic nitrogens is 1. The number of thiazole rings is 1. The van der Waals surface area contributed by atoms with E-state index in [2.05, 4.69) is 20.9 Å². The summed E-state index contributed by atoms with van der Waals surface area (Å²) in [7, 11) is 1.56. The number of carbonyl (C=O) groups is 2. The minimum Gasteiger partial charge on any atom is -0.497 e. The number of fused-ring (bicyclic) bond motifs is 2. The quantitative estimate of drug-likeness (QED) is 0.431. The van der Waals surface area contributed by atoms with Crippen LogP contribution in [0.15, 0.2) is 68.0 Å². The summed E-state index contributed by atoms with van der Waals surface area (Å²) < 4.78 is 13.3. The van der Waals surface area contributed by atoms with Gasteiger partial charge in [-0.05, 0) is 56.7 Å². The number of esters is 1. The van der Waals surface area contributed by atoms with Crippen LogP contribution in [0.3, 0.4) is 0 Å². The molecule has 10 heteroatoms. The van der Waals surface area contributed by atoms with Crippen LogP contribution in [0, 0.1) is 0 Å². The number of hydrogen-bond donors (Lipinski definition) is 0. The van der Waals surface area contributed by atoms with Crippen molar-refractivity contribution in [3.8, 4) is 5.75 Å². The standard InChI is InChI=1S/C27H24BrN3O5S/c1-5-30-19-11-10-16(28)13-18(19)21(24(30)32)23-25(33)31-22(15-8-7-9-17(12-15)35-4)20(26(34)36-6-2)14(3)29-27(31)37-23/h7-13,22H,5-6H2,1-4H3/b23-21+/t22-/m1/s1. The van der Waals surface area contributed by atoms with Crippen LogP contribution in [-0.4, -0.2) is 36.7 Å². The van der Waals surface area contributed by atoms with Crippen molar-refractivity contribution in [3.05, 3.63) is 89.0 Å². The molecule has 0 N–H and O–H groups in total.